The summed E-state index contributed by atoms with van der Waals surface area (Å²) >= 11 is 1.59. The standard InChI is InChI=1S/C15H22N2O3S/c1-10(16-14(19)20-15(2,3)4)13(18)17-11-7-6-8-12(9-11)21-5/h6-10H,1-5H3,(H,16,19)(H,17,18)/t10-/m1/s1. The van der Waals surface area contributed by atoms with Crippen LogP contribution in [-0.4, -0.2) is 29.9 Å². The number of ether oxygens (including phenoxy) is 1. The van der Waals surface area contributed by atoms with Gasteiger partial charge in [-0.2, -0.15) is 0 Å². The zero-order valence-electron chi connectivity index (χ0n) is 13.0. The van der Waals surface area contributed by atoms with Crippen LogP contribution in [0.25, 0.3) is 0 Å². The van der Waals surface area contributed by atoms with E-state index < -0.39 is 17.7 Å². The Labute approximate surface area is 129 Å². The van der Waals surface area contributed by atoms with Crippen molar-refractivity contribution in [3.63, 3.8) is 0 Å². The lowest BCUT2D eigenvalue weighted by molar-refractivity contribution is -0.117. The molecule has 0 heterocycles. The van der Waals surface area contributed by atoms with Gasteiger partial charge in [0.15, 0.2) is 0 Å². The molecule has 0 saturated heterocycles. The number of hydrogen-bond acceptors (Lipinski definition) is 4. The monoisotopic (exact) mass is 310 g/mol. The summed E-state index contributed by atoms with van der Waals surface area (Å²) in [6.07, 6.45) is 1.36. The number of hydrogen-bond donors (Lipinski definition) is 2. The SMILES string of the molecule is CSc1cccc(NC(=O)[C@@H](C)NC(=O)OC(C)(C)C)c1. The first-order chi connectivity index (χ1) is 9.71. The van der Waals surface area contributed by atoms with E-state index in [1.165, 1.54) is 0 Å². The van der Waals surface area contributed by atoms with E-state index in [1.54, 1.807) is 45.5 Å². The van der Waals surface area contributed by atoms with E-state index in [2.05, 4.69) is 10.6 Å². The first-order valence-electron chi connectivity index (χ1n) is 6.65. The number of anilines is 1. The lowest BCUT2D eigenvalue weighted by Crippen LogP contribution is -2.43. The fourth-order valence-electron chi connectivity index (χ4n) is 1.50. The van der Waals surface area contributed by atoms with E-state index >= 15 is 0 Å². The first-order valence-corrected chi connectivity index (χ1v) is 7.88. The Balaban J connectivity index is 2.56. The van der Waals surface area contributed by atoms with Crippen molar-refractivity contribution in [1.82, 2.24) is 5.32 Å². The number of alkyl carbamates (subject to hydrolysis) is 1. The molecule has 21 heavy (non-hydrogen) atoms. The zero-order chi connectivity index (χ0) is 16.0. The molecular formula is C15H22N2O3S. The Morgan fingerprint density at radius 3 is 2.52 bits per heavy atom. The van der Waals surface area contributed by atoms with Crippen molar-refractivity contribution in [1.29, 1.82) is 0 Å². The van der Waals surface area contributed by atoms with Crippen LogP contribution in [0.3, 0.4) is 0 Å². The lowest BCUT2D eigenvalue weighted by atomic mass is 10.2. The van der Waals surface area contributed by atoms with Gasteiger partial charge in [-0.1, -0.05) is 6.07 Å². The number of rotatable bonds is 4. The maximum absolute atomic E-state index is 12.0. The smallest absolute Gasteiger partial charge is 0.408 e. The third-order valence-corrected chi connectivity index (χ3v) is 3.19. The van der Waals surface area contributed by atoms with Gasteiger partial charge >= 0.3 is 6.09 Å². The van der Waals surface area contributed by atoms with Gasteiger partial charge in [0.25, 0.3) is 0 Å². The summed E-state index contributed by atoms with van der Waals surface area (Å²) in [5, 5.41) is 5.27. The molecule has 5 nitrogen and oxygen atoms in total. The van der Waals surface area contributed by atoms with Crippen LogP contribution in [-0.2, 0) is 9.53 Å². The van der Waals surface area contributed by atoms with Crippen molar-refractivity contribution in [2.75, 3.05) is 11.6 Å². The number of carbonyl (C=O) groups excluding carboxylic acids is 2. The number of thioether (sulfide) groups is 1. The molecule has 2 N–H and O–H groups in total. The summed E-state index contributed by atoms with van der Waals surface area (Å²) in [6, 6.07) is 6.83. The molecule has 0 fully saturated rings. The molecule has 1 atom stereocenters. The summed E-state index contributed by atoms with van der Waals surface area (Å²) in [4.78, 5) is 24.7. The highest BCUT2D eigenvalue weighted by Crippen LogP contribution is 2.19. The maximum Gasteiger partial charge on any atom is 0.408 e. The van der Waals surface area contributed by atoms with Crippen molar-refractivity contribution < 1.29 is 14.3 Å². The van der Waals surface area contributed by atoms with Gasteiger partial charge < -0.3 is 15.4 Å². The Hall–Kier alpha value is -1.69. The average Bonchev–Trinajstić information content (AvgIpc) is 2.36. The normalized spacial score (nSPS) is 12.4. The fraction of sp³-hybridized carbons (Fsp3) is 0.467. The molecule has 0 unspecified atom stereocenters. The van der Waals surface area contributed by atoms with Crippen molar-refractivity contribution >= 4 is 29.4 Å². The highest BCUT2D eigenvalue weighted by Gasteiger charge is 2.21. The summed E-state index contributed by atoms with van der Waals surface area (Å²) in [7, 11) is 0. The zero-order valence-corrected chi connectivity index (χ0v) is 13.8. The van der Waals surface area contributed by atoms with Gasteiger partial charge in [0.1, 0.15) is 11.6 Å². The molecule has 0 spiro atoms. The molecular weight excluding hydrogens is 288 g/mol. The number of nitrogens with one attached hydrogen (secondary N) is 2. The number of benzene rings is 1. The Kier molecular flexibility index (Phi) is 6.08. The minimum atomic E-state index is -0.683. The predicted octanol–water partition coefficient (Wildman–Crippen LogP) is 3.26. The average molecular weight is 310 g/mol. The van der Waals surface area contributed by atoms with Crippen molar-refractivity contribution in [3.05, 3.63) is 24.3 Å². The molecule has 6 heteroatoms. The van der Waals surface area contributed by atoms with Gasteiger partial charge in [-0.05, 0) is 52.1 Å². The molecule has 0 aliphatic carbocycles. The molecule has 2 amide bonds. The van der Waals surface area contributed by atoms with Crippen LogP contribution in [0.1, 0.15) is 27.7 Å². The highest BCUT2D eigenvalue weighted by molar-refractivity contribution is 7.98. The number of amides is 2. The maximum atomic E-state index is 12.0. The third kappa shape index (κ3) is 6.53. The van der Waals surface area contributed by atoms with Gasteiger partial charge in [0, 0.05) is 10.6 Å². The molecule has 0 radical (unpaired) electrons. The van der Waals surface area contributed by atoms with E-state index in [0.717, 1.165) is 4.90 Å². The Morgan fingerprint density at radius 1 is 1.29 bits per heavy atom. The van der Waals surface area contributed by atoms with Crippen LogP contribution in [0.5, 0.6) is 0 Å². The van der Waals surface area contributed by atoms with Crippen molar-refractivity contribution in [3.8, 4) is 0 Å². The molecule has 116 valence electrons. The summed E-state index contributed by atoms with van der Waals surface area (Å²) in [5.74, 6) is -0.292. The van der Waals surface area contributed by atoms with Gasteiger partial charge in [-0.25, -0.2) is 4.79 Å². The topological polar surface area (TPSA) is 67.4 Å². The second-order valence-electron chi connectivity index (χ2n) is 5.59. The summed E-state index contributed by atoms with van der Waals surface area (Å²) < 4.78 is 5.11. The van der Waals surface area contributed by atoms with Crippen molar-refractivity contribution in [2.24, 2.45) is 0 Å². The minimum absolute atomic E-state index is 0.292. The first kappa shape index (κ1) is 17.4. The van der Waals surface area contributed by atoms with E-state index in [-0.39, 0.29) is 5.91 Å². The van der Waals surface area contributed by atoms with Crippen LogP contribution < -0.4 is 10.6 Å². The van der Waals surface area contributed by atoms with Crippen LogP contribution >= 0.6 is 11.8 Å². The van der Waals surface area contributed by atoms with Gasteiger partial charge in [0.2, 0.25) is 5.91 Å². The minimum Gasteiger partial charge on any atom is -0.444 e. The molecule has 1 aromatic rings. The number of carbonyl (C=O) groups is 2. The van der Waals surface area contributed by atoms with E-state index in [0.29, 0.717) is 5.69 Å². The summed E-state index contributed by atoms with van der Waals surface area (Å²) in [6.45, 7) is 6.92. The second-order valence-corrected chi connectivity index (χ2v) is 6.47. The van der Waals surface area contributed by atoms with E-state index in [1.807, 2.05) is 24.5 Å². The van der Waals surface area contributed by atoms with Crippen LogP contribution in [0.2, 0.25) is 0 Å². The van der Waals surface area contributed by atoms with Gasteiger partial charge in [-0.3, -0.25) is 4.79 Å². The Morgan fingerprint density at radius 2 is 1.95 bits per heavy atom. The molecule has 0 saturated carbocycles. The summed E-state index contributed by atoms with van der Waals surface area (Å²) in [5.41, 5.74) is 0.108. The highest BCUT2D eigenvalue weighted by atomic mass is 32.2. The van der Waals surface area contributed by atoms with E-state index in [9.17, 15) is 9.59 Å². The van der Waals surface area contributed by atoms with Crippen LogP contribution in [0.15, 0.2) is 29.2 Å². The predicted molar refractivity (Wildman–Crippen MR) is 85.7 cm³/mol. The molecule has 0 aliphatic heterocycles. The second kappa shape index (κ2) is 7.36. The molecule has 0 aliphatic rings. The third-order valence-electron chi connectivity index (χ3n) is 2.46. The van der Waals surface area contributed by atoms with Crippen LogP contribution in [0, 0.1) is 0 Å². The molecule has 1 aromatic carbocycles. The molecule has 0 bridgehead atoms. The van der Waals surface area contributed by atoms with Crippen LogP contribution in [0.4, 0.5) is 10.5 Å². The lowest BCUT2D eigenvalue weighted by Gasteiger charge is -2.21. The largest absolute Gasteiger partial charge is 0.444 e. The molecule has 0 aromatic heterocycles. The van der Waals surface area contributed by atoms with Gasteiger partial charge in [0.05, 0.1) is 0 Å². The van der Waals surface area contributed by atoms with Gasteiger partial charge in [-0.15, -0.1) is 11.8 Å². The molecule has 1 rings (SSSR count). The quantitative estimate of drug-likeness (QED) is 0.838. The van der Waals surface area contributed by atoms with E-state index in [4.69, 9.17) is 4.74 Å². The van der Waals surface area contributed by atoms with Crippen molar-refractivity contribution in [2.45, 2.75) is 44.2 Å². The fourth-order valence-corrected chi connectivity index (χ4v) is 1.96. The Bertz CT molecular complexity index is 512.